The summed E-state index contributed by atoms with van der Waals surface area (Å²) in [5, 5.41) is 13.6. The van der Waals surface area contributed by atoms with E-state index in [9.17, 15) is 5.11 Å². The van der Waals surface area contributed by atoms with Gasteiger partial charge in [-0.15, -0.1) is 0 Å². The fourth-order valence-electron chi connectivity index (χ4n) is 1.95. The van der Waals surface area contributed by atoms with Crippen LogP contribution in [0.25, 0.3) is 0 Å². The summed E-state index contributed by atoms with van der Waals surface area (Å²) in [5.41, 5.74) is 0.527. The van der Waals surface area contributed by atoms with Gasteiger partial charge in [0.15, 0.2) is 0 Å². The molecule has 2 N–H and O–H groups in total. The van der Waals surface area contributed by atoms with Crippen LogP contribution in [0.15, 0.2) is 24.3 Å². The Bertz CT molecular complexity index is 373. The van der Waals surface area contributed by atoms with Gasteiger partial charge in [0.25, 0.3) is 0 Å². The third kappa shape index (κ3) is 5.21. The highest BCUT2D eigenvalue weighted by atomic mass is 16.5. The van der Waals surface area contributed by atoms with Crippen molar-refractivity contribution in [3.63, 3.8) is 0 Å². The van der Waals surface area contributed by atoms with E-state index in [0.29, 0.717) is 13.1 Å². The Kier molecular flexibility index (Phi) is 6.32. The number of para-hydroxylation sites is 1. The van der Waals surface area contributed by atoms with Gasteiger partial charge in [0.05, 0.1) is 11.7 Å². The van der Waals surface area contributed by atoms with Crippen molar-refractivity contribution in [1.29, 1.82) is 0 Å². The van der Waals surface area contributed by atoms with Gasteiger partial charge in [0, 0.05) is 18.7 Å². The van der Waals surface area contributed by atoms with E-state index in [0.717, 1.165) is 24.2 Å². The van der Waals surface area contributed by atoms with E-state index in [-0.39, 0.29) is 6.10 Å². The Labute approximate surface area is 117 Å². The van der Waals surface area contributed by atoms with Gasteiger partial charge in [-0.1, -0.05) is 32.0 Å². The van der Waals surface area contributed by atoms with Crippen LogP contribution in [-0.4, -0.2) is 23.4 Å². The zero-order chi connectivity index (χ0) is 14.3. The van der Waals surface area contributed by atoms with Gasteiger partial charge < -0.3 is 15.2 Å². The molecule has 0 saturated carbocycles. The van der Waals surface area contributed by atoms with E-state index in [1.807, 2.05) is 45.9 Å². The summed E-state index contributed by atoms with van der Waals surface area (Å²) in [4.78, 5) is 0. The Morgan fingerprint density at radius 3 is 2.42 bits per heavy atom. The van der Waals surface area contributed by atoms with Crippen molar-refractivity contribution >= 4 is 0 Å². The number of rotatable bonds is 8. The van der Waals surface area contributed by atoms with Crippen LogP contribution in [0, 0.1) is 0 Å². The largest absolute Gasteiger partial charge is 0.491 e. The molecule has 1 aromatic carbocycles. The van der Waals surface area contributed by atoms with Crippen molar-refractivity contribution in [1.82, 2.24) is 5.32 Å². The molecule has 0 radical (unpaired) electrons. The monoisotopic (exact) mass is 265 g/mol. The first-order chi connectivity index (χ1) is 9.00. The summed E-state index contributed by atoms with van der Waals surface area (Å²) < 4.78 is 5.78. The lowest BCUT2D eigenvalue weighted by molar-refractivity contribution is 0.0322. The van der Waals surface area contributed by atoms with E-state index in [2.05, 4.69) is 11.4 Å². The summed E-state index contributed by atoms with van der Waals surface area (Å²) >= 11 is 0. The average molecular weight is 265 g/mol. The maximum atomic E-state index is 10.2. The molecule has 1 rings (SSSR count). The van der Waals surface area contributed by atoms with Crippen molar-refractivity contribution < 1.29 is 9.84 Å². The third-order valence-electron chi connectivity index (χ3n) is 3.42. The molecule has 0 amide bonds. The molecule has 108 valence electrons. The lowest BCUT2D eigenvalue weighted by Crippen LogP contribution is -2.39. The van der Waals surface area contributed by atoms with Crippen LogP contribution < -0.4 is 10.1 Å². The summed E-state index contributed by atoms with van der Waals surface area (Å²) in [6, 6.07) is 8.04. The van der Waals surface area contributed by atoms with E-state index in [4.69, 9.17) is 4.74 Å². The average Bonchev–Trinajstić information content (AvgIpc) is 2.40. The number of nitrogens with one attached hydrogen (secondary N) is 1. The molecule has 0 saturated heterocycles. The molecule has 0 aliphatic carbocycles. The van der Waals surface area contributed by atoms with E-state index in [1.54, 1.807) is 0 Å². The van der Waals surface area contributed by atoms with Gasteiger partial charge in [-0.3, -0.25) is 0 Å². The van der Waals surface area contributed by atoms with E-state index < -0.39 is 5.60 Å². The normalized spacial score (nSPS) is 11.9. The van der Waals surface area contributed by atoms with Crippen LogP contribution in [-0.2, 0) is 6.54 Å². The first-order valence-electron chi connectivity index (χ1n) is 7.18. The zero-order valence-electron chi connectivity index (χ0n) is 12.6. The van der Waals surface area contributed by atoms with Crippen molar-refractivity contribution in [2.75, 3.05) is 6.54 Å². The molecule has 0 unspecified atom stereocenters. The molecule has 0 aromatic heterocycles. The number of ether oxygens (including phenoxy) is 1. The summed E-state index contributed by atoms with van der Waals surface area (Å²) in [6.45, 7) is 9.40. The third-order valence-corrected chi connectivity index (χ3v) is 3.42. The Hall–Kier alpha value is -1.06. The number of benzene rings is 1. The molecule has 19 heavy (non-hydrogen) atoms. The molecule has 0 heterocycles. The number of hydrogen-bond donors (Lipinski definition) is 2. The van der Waals surface area contributed by atoms with Crippen LogP contribution in [0.2, 0.25) is 0 Å². The zero-order valence-corrected chi connectivity index (χ0v) is 12.6. The Morgan fingerprint density at radius 1 is 1.21 bits per heavy atom. The Morgan fingerprint density at radius 2 is 1.84 bits per heavy atom. The van der Waals surface area contributed by atoms with Crippen LogP contribution in [0.1, 0.15) is 46.1 Å². The first kappa shape index (κ1) is 16.0. The Balaban J connectivity index is 2.58. The lowest BCUT2D eigenvalue weighted by atomic mass is 9.97. The lowest BCUT2D eigenvalue weighted by Gasteiger charge is -2.25. The number of aliphatic hydroxyl groups is 1. The second kappa shape index (κ2) is 7.51. The maximum Gasteiger partial charge on any atom is 0.124 e. The van der Waals surface area contributed by atoms with Crippen molar-refractivity contribution in [3.05, 3.63) is 29.8 Å². The molecule has 0 fully saturated rings. The van der Waals surface area contributed by atoms with Crippen molar-refractivity contribution in [3.8, 4) is 5.75 Å². The first-order valence-corrected chi connectivity index (χ1v) is 7.18. The molecule has 3 heteroatoms. The maximum absolute atomic E-state index is 10.2. The molecule has 0 aliphatic heterocycles. The molecular formula is C16H27NO2. The quantitative estimate of drug-likeness (QED) is 0.759. The summed E-state index contributed by atoms with van der Waals surface area (Å²) in [7, 11) is 0. The molecular weight excluding hydrogens is 238 g/mol. The topological polar surface area (TPSA) is 41.5 Å². The van der Waals surface area contributed by atoms with E-state index in [1.165, 1.54) is 0 Å². The van der Waals surface area contributed by atoms with Gasteiger partial charge in [0.1, 0.15) is 5.75 Å². The SMILES string of the molecule is CCC(O)(CC)CNCc1ccccc1OC(C)C. The smallest absolute Gasteiger partial charge is 0.124 e. The fourth-order valence-corrected chi connectivity index (χ4v) is 1.95. The molecule has 0 bridgehead atoms. The van der Waals surface area contributed by atoms with Crippen molar-refractivity contribution in [2.45, 2.75) is 58.8 Å². The van der Waals surface area contributed by atoms with Crippen LogP contribution in [0.3, 0.4) is 0 Å². The molecule has 0 atom stereocenters. The van der Waals surface area contributed by atoms with Gasteiger partial charge in [-0.05, 0) is 32.8 Å². The minimum atomic E-state index is -0.603. The highest BCUT2D eigenvalue weighted by Crippen LogP contribution is 2.20. The number of hydrogen-bond acceptors (Lipinski definition) is 3. The molecule has 0 spiro atoms. The van der Waals surface area contributed by atoms with Gasteiger partial charge >= 0.3 is 0 Å². The van der Waals surface area contributed by atoms with Gasteiger partial charge in [-0.25, -0.2) is 0 Å². The van der Waals surface area contributed by atoms with Crippen LogP contribution in [0.4, 0.5) is 0 Å². The van der Waals surface area contributed by atoms with Gasteiger partial charge in [-0.2, -0.15) is 0 Å². The second-order valence-electron chi connectivity index (χ2n) is 5.31. The van der Waals surface area contributed by atoms with Crippen LogP contribution in [0.5, 0.6) is 5.75 Å². The highest BCUT2D eigenvalue weighted by molar-refractivity contribution is 5.33. The predicted octanol–water partition coefficient (Wildman–Crippen LogP) is 3.11. The van der Waals surface area contributed by atoms with Crippen LogP contribution >= 0.6 is 0 Å². The van der Waals surface area contributed by atoms with E-state index >= 15 is 0 Å². The predicted molar refractivity (Wildman–Crippen MR) is 79.4 cm³/mol. The standard InChI is InChI=1S/C16H27NO2/c1-5-16(18,6-2)12-17-11-14-9-7-8-10-15(14)19-13(3)4/h7-10,13,17-18H,5-6,11-12H2,1-4H3. The molecule has 1 aromatic rings. The minimum Gasteiger partial charge on any atom is -0.491 e. The highest BCUT2D eigenvalue weighted by Gasteiger charge is 2.21. The summed E-state index contributed by atoms with van der Waals surface area (Å²) in [5.74, 6) is 0.918. The minimum absolute atomic E-state index is 0.171. The summed E-state index contributed by atoms with van der Waals surface area (Å²) in [6.07, 6.45) is 1.70. The molecule has 3 nitrogen and oxygen atoms in total. The van der Waals surface area contributed by atoms with Crippen molar-refractivity contribution in [2.24, 2.45) is 0 Å². The second-order valence-corrected chi connectivity index (χ2v) is 5.31. The molecule has 0 aliphatic rings. The van der Waals surface area contributed by atoms with Gasteiger partial charge in [0.2, 0.25) is 0 Å². The fraction of sp³-hybridized carbons (Fsp3) is 0.625.